The van der Waals surface area contributed by atoms with Crippen molar-refractivity contribution >= 4 is 0 Å². The maximum atomic E-state index is 5.50. The van der Waals surface area contributed by atoms with E-state index in [0.29, 0.717) is 12.6 Å². The van der Waals surface area contributed by atoms with Crippen LogP contribution in [0.15, 0.2) is 18.2 Å². The van der Waals surface area contributed by atoms with E-state index in [9.17, 15) is 0 Å². The summed E-state index contributed by atoms with van der Waals surface area (Å²) in [5.41, 5.74) is 1.16. The first kappa shape index (κ1) is 15.4. The number of terminal acetylenes is 1. The summed E-state index contributed by atoms with van der Waals surface area (Å²) in [6, 6.07) is 6.35. The first-order valence-corrected chi connectivity index (χ1v) is 6.71. The van der Waals surface area contributed by atoms with Crippen LogP contribution in [0.4, 0.5) is 0 Å². The third kappa shape index (κ3) is 4.84. The van der Waals surface area contributed by atoms with Gasteiger partial charge in [0.1, 0.15) is 0 Å². The Bertz CT molecular complexity index is 423. The molecule has 3 nitrogen and oxygen atoms in total. The van der Waals surface area contributed by atoms with Crippen LogP contribution in [-0.2, 0) is 6.54 Å². The normalized spacial score (nSPS) is 11.7. The van der Waals surface area contributed by atoms with Crippen LogP contribution in [0.5, 0.6) is 11.5 Å². The molecule has 0 radical (unpaired) electrons. The van der Waals surface area contributed by atoms with Crippen LogP contribution in [0.25, 0.3) is 0 Å². The fourth-order valence-corrected chi connectivity index (χ4v) is 1.86. The third-order valence-electron chi connectivity index (χ3n) is 2.98. The second-order valence-electron chi connectivity index (χ2n) is 4.31. The molecule has 104 valence electrons. The predicted molar refractivity (Wildman–Crippen MR) is 78.5 cm³/mol. The monoisotopic (exact) mass is 261 g/mol. The van der Waals surface area contributed by atoms with Crippen LogP contribution in [0, 0.1) is 12.3 Å². The quantitative estimate of drug-likeness (QED) is 0.730. The van der Waals surface area contributed by atoms with Crippen molar-refractivity contribution in [2.24, 2.45) is 0 Å². The SMILES string of the molecule is C#CCC(CC)NCc1ccc(OCC)c(OC)c1. The van der Waals surface area contributed by atoms with Gasteiger partial charge in [0.05, 0.1) is 13.7 Å². The van der Waals surface area contributed by atoms with Crippen LogP contribution >= 0.6 is 0 Å². The Labute approximate surface area is 116 Å². The summed E-state index contributed by atoms with van der Waals surface area (Å²) in [7, 11) is 1.66. The number of benzene rings is 1. The fourth-order valence-electron chi connectivity index (χ4n) is 1.86. The Hall–Kier alpha value is -1.66. The van der Waals surface area contributed by atoms with E-state index in [4.69, 9.17) is 15.9 Å². The maximum absolute atomic E-state index is 5.50. The largest absolute Gasteiger partial charge is 0.493 e. The standard InChI is InChI=1S/C16H23NO2/c1-5-8-14(6-2)17-12-13-9-10-15(19-7-3)16(11-13)18-4/h1,9-11,14,17H,6-8,12H2,2-4H3. The minimum Gasteiger partial charge on any atom is -0.493 e. The molecule has 1 rings (SSSR count). The van der Waals surface area contributed by atoms with Crippen LogP contribution in [0.3, 0.4) is 0 Å². The van der Waals surface area contributed by atoms with Crippen molar-refractivity contribution in [3.8, 4) is 23.8 Å². The van der Waals surface area contributed by atoms with Crippen LogP contribution < -0.4 is 14.8 Å². The molecule has 0 aliphatic carbocycles. The predicted octanol–water partition coefficient (Wildman–Crippen LogP) is 2.99. The van der Waals surface area contributed by atoms with Gasteiger partial charge < -0.3 is 14.8 Å². The zero-order valence-corrected chi connectivity index (χ0v) is 12.0. The zero-order valence-electron chi connectivity index (χ0n) is 12.0. The van der Waals surface area contributed by atoms with Gasteiger partial charge in [0, 0.05) is 19.0 Å². The van der Waals surface area contributed by atoms with E-state index >= 15 is 0 Å². The van der Waals surface area contributed by atoms with Gasteiger partial charge >= 0.3 is 0 Å². The Balaban J connectivity index is 2.66. The van der Waals surface area contributed by atoms with Crippen molar-refractivity contribution in [2.75, 3.05) is 13.7 Å². The van der Waals surface area contributed by atoms with Crippen molar-refractivity contribution < 1.29 is 9.47 Å². The number of rotatable bonds is 8. The molecule has 1 aromatic carbocycles. The Kier molecular flexibility index (Phi) is 6.84. The summed E-state index contributed by atoms with van der Waals surface area (Å²) in [6.45, 7) is 5.51. The molecule has 0 aliphatic heterocycles. The zero-order chi connectivity index (χ0) is 14.1. The minimum absolute atomic E-state index is 0.363. The van der Waals surface area contributed by atoms with Crippen molar-refractivity contribution in [1.29, 1.82) is 0 Å². The molecule has 1 atom stereocenters. The lowest BCUT2D eigenvalue weighted by Gasteiger charge is -2.15. The second-order valence-corrected chi connectivity index (χ2v) is 4.31. The number of nitrogens with one attached hydrogen (secondary N) is 1. The van der Waals surface area contributed by atoms with Gasteiger partial charge in [-0.05, 0) is 31.0 Å². The van der Waals surface area contributed by atoms with E-state index in [0.717, 1.165) is 36.4 Å². The van der Waals surface area contributed by atoms with Crippen molar-refractivity contribution in [1.82, 2.24) is 5.32 Å². The Morgan fingerprint density at radius 1 is 1.32 bits per heavy atom. The van der Waals surface area contributed by atoms with Gasteiger partial charge in [0.15, 0.2) is 11.5 Å². The molecule has 0 saturated carbocycles. The molecule has 0 amide bonds. The average molecular weight is 261 g/mol. The molecule has 0 heterocycles. The number of hydrogen-bond donors (Lipinski definition) is 1. The summed E-state index contributed by atoms with van der Waals surface area (Å²) >= 11 is 0. The van der Waals surface area contributed by atoms with Crippen LogP contribution in [-0.4, -0.2) is 19.8 Å². The van der Waals surface area contributed by atoms with Gasteiger partial charge in [-0.25, -0.2) is 0 Å². The van der Waals surface area contributed by atoms with Gasteiger partial charge in [0.25, 0.3) is 0 Å². The van der Waals surface area contributed by atoms with Crippen molar-refractivity contribution in [2.45, 2.75) is 39.3 Å². The van der Waals surface area contributed by atoms with Gasteiger partial charge in [-0.1, -0.05) is 13.0 Å². The van der Waals surface area contributed by atoms with E-state index in [2.05, 4.69) is 18.2 Å². The molecule has 0 spiro atoms. The molecule has 19 heavy (non-hydrogen) atoms. The highest BCUT2D eigenvalue weighted by molar-refractivity contribution is 5.42. The van der Waals surface area contributed by atoms with E-state index in [-0.39, 0.29) is 0 Å². The van der Waals surface area contributed by atoms with Crippen LogP contribution in [0.1, 0.15) is 32.3 Å². The molecule has 1 unspecified atom stereocenters. The molecule has 1 aromatic rings. The summed E-state index contributed by atoms with van der Waals surface area (Å²) in [5, 5.41) is 3.45. The summed E-state index contributed by atoms with van der Waals surface area (Å²) in [4.78, 5) is 0. The lowest BCUT2D eigenvalue weighted by molar-refractivity contribution is 0.310. The molecule has 3 heteroatoms. The average Bonchev–Trinajstić information content (AvgIpc) is 2.44. The maximum Gasteiger partial charge on any atom is 0.161 e. The third-order valence-corrected chi connectivity index (χ3v) is 2.98. The smallest absolute Gasteiger partial charge is 0.161 e. The highest BCUT2D eigenvalue weighted by Crippen LogP contribution is 2.28. The van der Waals surface area contributed by atoms with Crippen LogP contribution in [0.2, 0.25) is 0 Å². The molecule has 0 fully saturated rings. The Morgan fingerprint density at radius 2 is 2.11 bits per heavy atom. The lowest BCUT2D eigenvalue weighted by atomic mass is 10.1. The molecular formula is C16H23NO2. The Morgan fingerprint density at radius 3 is 2.68 bits per heavy atom. The van der Waals surface area contributed by atoms with E-state index < -0.39 is 0 Å². The van der Waals surface area contributed by atoms with Crippen molar-refractivity contribution in [3.05, 3.63) is 23.8 Å². The first-order valence-electron chi connectivity index (χ1n) is 6.71. The number of methoxy groups -OCH3 is 1. The summed E-state index contributed by atoms with van der Waals surface area (Å²) < 4.78 is 10.8. The highest BCUT2D eigenvalue weighted by atomic mass is 16.5. The van der Waals surface area contributed by atoms with Gasteiger partial charge in [-0.3, -0.25) is 0 Å². The number of hydrogen-bond acceptors (Lipinski definition) is 3. The van der Waals surface area contributed by atoms with E-state index in [1.807, 2.05) is 25.1 Å². The molecule has 0 bridgehead atoms. The van der Waals surface area contributed by atoms with Gasteiger partial charge in [0.2, 0.25) is 0 Å². The fraction of sp³-hybridized carbons (Fsp3) is 0.500. The molecule has 0 aromatic heterocycles. The topological polar surface area (TPSA) is 30.5 Å². The molecule has 1 N–H and O–H groups in total. The summed E-state index contributed by atoms with van der Waals surface area (Å²) in [6.07, 6.45) is 7.13. The summed E-state index contributed by atoms with van der Waals surface area (Å²) in [5.74, 6) is 4.25. The molecule has 0 saturated heterocycles. The molecule has 0 aliphatic rings. The second kappa shape index (κ2) is 8.44. The molecular weight excluding hydrogens is 238 g/mol. The minimum atomic E-state index is 0.363. The highest BCUT2D eigenvalue weighted by Gasteiger charge is 2.07. The van der Waals surface area contributed by atoms with Gasteiger partial charge in [-0.2, -0.15) is 0 Å². The number of ether oxygens (including phenoxy) is 2. The van der Waals surface area contributed by atoms with E-state index in [1.165, 1.54) is 0 Å². The van der Waals surface area contributed by atoms with Gasteiger partial charge in [-0.15, -0.1) is 12.3 Å². The van der Waals surface area contributed by atoms with E-state index in [1.54, 1.807) is 7.11 Å². The lowest BCUT2D eigenvalue weighted by Crippen LogP contribution is -2.27. The van der Waals surface area contributed by atoms with Crippen molar-refractivity contribution in [3.63, 3.8) is 0 Å². The first-order chi connectivity index (χ1) is 9.24.